The summed E-state index contributed by atoms with van der Waals surface area (Å²) in [5.74, 6) is 3.46. The molecule has 0 aliphatic rings. The van der Waals surface area contributed by atoms with E-state index in [4.69, 9.17) is 48.7 Å². The van der Waals surface area contributed by atoms with Crippen molar-refractivity contribution >= 4 is 130 Å². The van der Waals surface area contributed by atoms with Crippen molar-refractivity contribution in [2.45, 2.75) is 0 Å². The molecule has 8 heterocycles. The van der Waals surface area contributed by atoms with E-state index in [2.05, 4.69) is 290 Å². The highest BCUT2D eigenvalue weighted by molar-refractivity contribution is 7.26. The minimum Gasteiger partial charge on any atom is -0.455 e. The molecular weight excluding hydrogens is 1460 g/mol. The van der Waals surface area contributed by atoms with Crippen molar-refractivity contribution in [3.63, 3.8) is 0 Å². The van der Waals surface area contributed by atoms with Gasteiger partial charge < -0.3 is 13.4 Å². The summed E-state index contributed by atoms with van der Waals surface area (Å²) in [7, 11) is 0. The molecule has 0 aliphatic carbocycles. The molecule has 0 amide bonds. The van der Waals surface area contributed by atoms with E-state index in [0.29, 0.717) is 34.9 Å². The van der Waals surface area contributed by atoms with E-state index in [1.165, 1.54) is 15.5 Å². The quantitative estimate of drug-likeness (QED) is 0.116. The number of para-hydroxylation sites is 5. The second-order valence-corrected chi connectivity index (χ2v) is 31.0. The molecule has 16 aromatic carbocycles. The number of aromatic nitrogens is 9. The van der Waals surface area contributed by atoms with E-state index in [9.17, 15) is 0 Å². The van der Waals surface area contributed by atoms with Crippen LogP contribution in [0.2, 0.25) is 0 Å². The monoisotopic (exact) mass is 1520 g/mol. The average Bonchev–Trinajstić information content (AvgIpc) is 1.56. The van der Waals surface area contributed by atoms with Crippen molar-refractivity contribution in [3.8, 4) is 130 Å². The first-order valence-corrected chi connectivity index (χ1v) is 40.2. The van der Waals surface area contributed by atoms with E-state index in [0.717, 1.165) is 198 Å². The molecule has 0 bridgehead atoms. The molecule has 0 saturated carbocycles. The van der Waals surface area contributed by atoms with E-state index >= 15 is 0 Å². The van der Waals surface area contributed by atoms with Crippen LogP contribution in [0, 0.1) is 0 Å². The number of rotatable bonds is 12. The normalized spacial score (nSPS) is 11.9. The first-order valence-electron chi connectivity index (χ1n) is 39.4. The summed E-state index contributed by atoms with van der Waals surface area (Å²) >= 11 is 1.77. The molecule has 11 nitrogen and oxygen atoms in total. The first-order chi connectivity index (χ1) is 58.5. The second-order valence-electron chi connectivity index (χ2n) is 29.9. The van der Waals surface area contributed by atoms with Gasteiger partial charge >= 0.3 is 0 Å². The number of furan rings is 2. The minimum atomic E-state index is 0.559. The maximum absolute atomic E-state index is 6.57. The zero-order valence-corrected chi connectivity index (χ0v) is 63.8. The lowest BCUT2D eigenvalue weighted by Gasteiger charge is -2.14. The van der Waals surface area contributed by atoms with Crippen molar-refractivity contribution < 1.29 is 8.83 Å². The molecule has 0 spiro atoms. The number of thiophene rings is 1. The highest BCUT2D eigenvalue weighted by Crippen LogP contribution is 2.47. The molecule has 12 heteroatoms. The van der Waals surface area contributed by atoms with Gasteiger partial charge in [-0.1, -0.05) is 285 Å². The molecule has 0 fully saturated rings. The summed E-state index contributed by atoms with van der Waals surface area (Å²) in [6.07, 6.45) is 0. The third kappa shape index (κ3) is 11.0. The summed E-state index contributed by atoms with van der Waals surface area (Å²) < 4.78 is 17.8. The van der Waals surface area contributed by atoms with E-state index < -0.39 is 0 Å². The molecule has 0 unspecified atom stereocenters. The largest absolute Gasteiger partial charge is 0.455 e. The molecule has 118 heavy (non-hydrogen) atoms. The van der Waals surface area contributed by atoms with Crippen LogP contribution < -0.4 is 0 Å². The maximum atomic E-state index is 6.57. The Kier molecular flexibility index (Phi) is 15.3. The summed E-state index contributed by atoms with van der Waals surface area (Å²) in [5, 5.41) is 12.8. The van der Waals surface area contributed by atoms with Crippen LogP contribution in [0.5, 0.6) is 0 Å². The van der Waals surface area contributed by atoms with Crippen molar-refractivity contribution in [2.24, 2.45) is 0 Å². The summed E-state index contributed by atoms with van der Waals surface area (Å²) in [5.41, 5.74) is 23.7. The molecule has 0 radical (unpaired) electrons. The van der Waals surface area contributed by atoms with Gasteiger partial charge in [-0.3, -0.25) is 0 Å². The Hall–Kier alpha value is -15.8. The zero-order valence-electron chi connectivity index (χ0n) is 63.0. The fourth-order valence-electron chi connectivity index (χ4n) is 17.6. The Morgan fingerprint density at radius 3 is 1.30 bits per heavy atom. The molecule has 0 saturated heterocycles. The SMILES string of the molecule is c1ccc(-c2nc(-c3cccc(-c4ccc(-c5nc6ccccc6c6oc7ccccc7c56)cc4)c3)nc(-c3cccc(-n4c5ccccc5c5c(-c6ccc(-c7nc(-c8ccc(-c9ccc(-c%10nc%11ccccc%11c%11oc%12ccccc%12c%10%11)cc9)c9ccccc89)nc(-c8cccc9c8sc8ccccc89)n7)cc6)cccc54)c3)n2)cc1. The standard InChI is InChI=1S/C106H61N9O2S/c1-2-22-67(23-3-1)101-109-103(70-25-18-24-69(60-70)62-46-52-65(53-47-62)96-94-83-34-9-15-43-90(83)116-98(94)80-31-6-12-39-86(80)107-96)111-104(110-101)71-26-19-27-72(61-71)115-88-41-14-8-33-82(88)93-74(36-21-42-89(93)115)64-50-56-68(57-51-64)102-112-105(114-106(113-102)85-38-20-37-78-77-30-11-17-45-92(77)118-100(78)85)79-59-58-73(75-28-4-5-29-76(75)79)63-48-54-66(55-49-63)97-95-84-35-10-16-44-91(84)117-99(95)81-32-7-13-40-87(81)108-97/h1-61H. The Balaban J connectivity index is 0.578. The lowest BCUT2D eigenvalue weighted by atomic mass is 9.93. The predicted molar refractivity (Wildman–Crippen MR) is 483 cm³/mol. The molecular formula is C106H61N9O2S. The smallest absolute Gasteiger partial charge is 0.165 e. The van der Waals surface area contributed by atoms with Crippen molar-refractivity contribution in [3.05, 3.63) is 370 Å². The minimum absolute atomic E-state index is 0.559. The third-order valence-electron chi connectivity index (χ3n) is 23.1. The fourth-order valence-corrected chi connectivity index (χ4v) is 18.8. The second kappa shape index (κ2) is 27.0. The highest BCUT2D eigenvalue weighted by atomic mass is 32.1. The third-order valence-corrected chi connectivity index (χ3v) is 24.4. The molecule has 548 valence electrons. The number of fused-ring (bicyclic) bond motifs is 17. The van der Waals surface area contributed by atoms with Crippen molar-refractivity contribution in [1.82, 2.24) is 44.4 Å². The molecule has 0 aliphatic heterocycles. The van der Waals surface area contributed by atoms with Gasteiger partial charge in [-0.05, 0) is 129 Å². The van der Waals surface area contributed by atoms with Crippen LogP contribution in [-0.4, -0.2) is 44.4 Å². The number of hydrogen-bond donors (Lipinski definition) is 0. The molecule has 24 aromatic rings. The predicted octanol–water partition coefficient (Wildman–Crippen LogP) is 27.9. The number of pyridine rings is 2. The van der Waals surface area contributed by atoms with Crippen LogP contribution in [-0.2, 0) is 0 Å². The van der Waals surface area contributed by atoms with Gasteiger partial charge in [0.15, 0.2) is 34.9 Å². The van der Waals surface area contributed by atoms with Gasteiger partial charge in [-0.15, -0.1) is 11.3 Å². The first kappa shape index (κ1) is 66.8. The van der Waals surface area contributed by atoms with Gasteiger partial charge in [0, 0.05) is 103 Å². The number of hydrogen-bond acceptors (Lipinski definition) is 11. The molecule has 0 atom stereocenters. The van der Waals surface area contributed by atoms with E-state index in [-0.39, 0.29) is 0 Å². The maximum Gasteiger partial charge on any atom is 0.165 e. The Labute approximate surface area is 678 Å². The summed E-state index contributed by atoms with van der Waals surface area (Å²) in [6.45, 7) is 0. The van der Waals surface area contributed by atoms with Crippen molar-refractivity contribution in [1.29, 1.82) is 0 Å². The van der Waals surface area contributed by atoms with Crippen LogP contribution in [0.1, 0.15) is 0 Å². The lowest BCUT2D eigenvalue weighted by molar-refractivity contribution is 0.672. The lowest BCUT2D eigenvalue weighted by Crippen LogP contribution is -2.01. The van der Waals surface area contributed by atoms with Crippen molar-refractivity contribution in [2.75, 3.05) is 0 Å². The van der Waals surface area contributed by atoms with Crippen LogP contribution in [0.4, 0.5) is 0 Å². The Bertz CT molecular complexity index is 8250. The van der Waals surface area contributed by atoms with E-state index in [1.54, 1.807) is 11.3 Å². The average molecular weight is 1520 g/mol. The van der Waals surface area contributed by atoms with Gasteiger partial charge in [0.25, 0.3) is 0 Å². The van der Waals surface area contributed by atoms with Gasteiger partial charge in [0.1, 0.15) is 22.3 Å². The summed E-state index contributed by atoms with van der Waals surface area (Å²) in [6, 6.07) is 129. The molecule has 24 rings (SSSR count). The zero-order chi connectivity index (χ0) is 77.5. The highest BCUT2D eigenvalue weighted by Gasteiger charge is 2.25. The van der Waals surface area contributed by atoms with Gasteiger partial charge in [0.2, 0.25) is 0 Å². The van der Waals surface area contributed by atoms with Crippen LogP contribution >= 0.6 is 11.3 Å². The Morgan fingerprint density at radius 1 is 0.220 bits per heavy atom. The van der Waals surface area contributed by atoms with Crippen LogP contribution in [0.15, 0.2) is 379 Å². The van der Waals surface area contributed by atoms with Gasteiger partial charge in [-0.25, -0.2) is 39.9 Å². The van der Waals surface area contributed by atoms with Crippen LogP contribution in [0.3, 0.4) is 0 Å². The fraction of sp³-hybridized carbons (Fsp3) is 0. The Morgan fingerprint density at radius 2 is 0.636 bits per heavy atom. The van der Waals surface area contributed by atoms with Gasteiger partial charge in [-0.2, -0.15) is 0 Å². The summed E-state index contributed by atoms with van der Waals surface area (Å²) in [4.78, 5) is 42.7. The van der Waals surface area contributed by atoms with Crippen LogP contribution in [0.25, 0.3) is 248 Å². The van der Waals surface area contributed by atoms with E-state index in [1.807, 2.05) is 84.9 Å². The molecule has 0 N–H and O–H groups in total. The topological polar surface area (TPSA) is 134 Å². The number of benzene rings is 16. The van der Waals surface area contributed by atoms with Gasteiger partial charge in [0.05, 0.1) is 44.2 Å². The molecule has 8 aromatic heterocycles. The number of nitrogens with zero attached hydrogens (tertiary/aromatic N) is 9.